The molecule has 1 amide bonds. The third-order valence-electron chi connectivity index (χ3n) is 1.79. The van der Waals surface area contributed by atoms with E-state index in [4.69, 9.17) is 4.74 Å². The first-order valence-electron chi connectivity index (χ1n) is 5.63. The van der Waals surface area contributed by atoms with Gasteiger partial charge in [-0.2, -0.15) is 0 Å². The fourth-order valence-electron chi connectivity index (χ4n) is 1.14. The van der Waals surface area contributed by atoms with Gasteiger partial charge in [-0.1, -0.05) is 0 Å². The third kappa shape index (κ3) is 5.33. The van der Waals surface area contributed by atoms with Gasteiger partial charge >= 0.3 is 6.09 Å². The van der Waals surface area contributed by atoms with Crippen molar-refractivity contribution in [2.45, 2.75) is 26.4 Å². The van der Waals surface area contributed by atoms with Crippen molar-refractivity contribution in [2.75, 3.05) is 18.4 Å². The Bertz CT molecular complexity index is 450. The minimum Gasteiger partial charge on any atom is -0.444 e. The molecule has 0 saturated heterocycles. The average Bonchev–Trinajstić information content (AvgIpc) is 2.24. The monoisotopic (exact) mass is 254 g/mol. The van der Waals surface area contributed by atoms with Gasteiger partial charge < -0.3 is 20.4 Å². The van der Waals surface area contributed by atoms with Crippen LogP contribution < -0.4 is 16.2 Å². The second kappa shape index (κ2) is 6.04. The van der Waals surface area contributed by atoms with Gasteiger partial charge in [0.1, 0.15) is 5.60 Å². The Kier molecular flexibility index (Phi) is 4.70. The predicted octanol–water partition coefficient (Wildman–Crippen LogP) is 0.706. The molecule has 1 rings (SSSR count). The summed E-state index contributed by atoms with van der Waals surface area (Å²) in [6.45, 7) is 6.10. The largest absolute Gasteiger partial charge is 0.444 e. The minimum atomic E-state index is -0.518. The highest BCUT2D eigenvalue weighted by molar-refractivity contribution is 5.67. The lowest BCUT2D eigenvalue weighted by molar-refractivity contribution is 0.0530. The van der Waals surface area contributed by atoms with Gasteiger partial charge in [0.05, 0.1) is 0 Å². The fourth-order valence-corrected chi connectivity index (χ4v) is 1.14. The number of amides is 1. The number of nitrogens with one attached hydrogen (secondary N) is 3. The van der Waals surface area contributed by atoms with Crippen LogP contribution in [0.25, 0.3) is 0 Å². The molecule has 7 heteroatoms. The van der Waals surface area contributed by atoms with Gasteiger partial charge in [0.25, 0.3) is 5.56 Å². The molecule has 1 aromatic heterocycles. The minimum absolute atomic E-state index is 0.225. The molecule has 0 aromatic carbocycles. The lowest BCUT2D eigenvalue weighted by Crippen LogP contribution is -2.35. The number of nitrogens with zero attached hydrogens (tertiary/aromatic N) is 1. The number of carbonyl (C=O) groups is 1. The van der Waals surface area contributed by atoms with Crippen LogP contribution in [0, 0.1) is 0 Å². The molecule has 7 nitrogen and oxygen atoms in total. The maximum atomic E-state index is 11.3. The zero-order chi connectivity index (χ0) is 13.6. The molecule has 1 heterocycles. The van der Waals surface area contributed by atoms with E-state index in [9.17, 15) is 9.59 Å². The van der Waals surface area contributed by atoms with Crippen molar-refractivity contribution in [1.29, 1.82) is 0 Å². The summed E-state index contributed by atoms with van der Waals surface area (Å²) in [6.07, 6.45) is 2.44. The molecule has 18 heavy (non-hydrogen) atoms. The van der Waals surface area contributed by atoms with Crippen LogP contribution in [0.1, 0.15) is 20.8 Å². The van der Waals surface area contributed by atoms with Crippen LogP contribution >= 0.6 is 0 Å². The Morgan fingerprint density at radius 1 is 1.44 bits per heavy atom. The second-order valence-electron chi connectivity index (χ2n) is 4.62. The van der Waals surface area contributed by atoms with Gasteiger partial charge in [0.2, 0.25) is 0 Å². The molecule has 0 aliphatic heterocycles. The van der Waals surface area contributed by atoms with Gasteiger partial charge in [0, 0.05) is 25.5 Å². The molecule has 1 aromatic rings. The summed E-state index contributed by atoms with van der Waals surface area (Å²) in [6, 6.07) is 0. The van der Waals surface area contributed by atoms with Gasteiger partial charge in [-0.3, -0.25) is 4.79 Å². The summed E-state index contributed by atoms with van der Waals surface area (Å²) < 4.78 is 5.05. The van der Waals surface area contributed by atoms with E-state index in [1.807, 2.05) is 0 Å². The number of anilines is 1. The van der Waals surface area contributed by atoms with E-state index in [0.717, 1.165) is 0 Å². The number of hydrogen-bond donors (Lipinski definition) is 3. The number of aromatic amines is 1. The highest BCUT2D eigenvalue weighted by Gasteiger charge is 2.15. The molecular formula is C11H18N4O3. The zero-order valence-electron chi connectivity index (χ0n) is 10.7. The quantitative estimate of drug-likeness (QED) is 0.687. The van der Waals surface area contributed by atoms with Crippen molar-refractivity contribution in [3.8, 4) is 0 Å². The van der Waals surface area contributed by atoms with E-state index < -0.39 is 11.7 Å². The predicted molar refractivity (Wildman–Crippen MR) is 67.6 cm³/mol. The molecule has 0 aliphatic rings. The Balaban J connectivity index is 2.26. The van der Waals surface area contributed by atoms with E-state index in [1.165, 1.54) is 12.4 Å². The molecule has 0 bridgehead atoms. The Morgan fingerprint density at radius 2 is 2.17 bits per heavy atom. The van der Waals surface area contributed by atoms with Crippen molar-refractivity contribution >= 4 is 11.9 Å². The normalized spacial score (nSPS) is 10.8. The lowest BCUT2D eigenvalue weighted by atomic mass is 10.2. The third-order valence-corrected chi connectivity index (χ3v) is 1.79. The maximum Gasteiger partial charge on any atom is 0.407 e. The highest BCUT2D eigenvalue weighted by Crippen LogP contribution is 2.05. The molecule has 0 radical (unpaired) electrons. The molecule has 0 atom stereocenters. The molecule has 0 unspecified atom stereocenters. The van der Waals surface area contributed by atoms with Crippen LogP contribution in [0.5, 0.6) is 0 Å². The first-order chi connectivity index (χ1) is 8.38. The van der Waals surface area contributed by atoms with E-state index in [1.54, 1.807) is 20.8 Å². The molecular weight excluding hydrogens is 236 g/mol. The number of alkyl carbamates (subject to hydrolysis) is 1. The summed E-state index contributed by atoms with van der Waals surface area (Å²) in [5.41, 5.74) is -0.815. The van der Waals surface area contributed by atoms with Crippen LogP contribution in [-0.4, -0.2) is 34.8 Å². The van der Waals surface area contributed by atoms with Crippen molar-refractivity contribution in [3.05, 3.63) is 22.7 Å². The molecule has 0 saturated carbocycles. The first-order valence-corrected chi connectivity index (χ1v) is 5.63. The Morgan fingerprint density at radius 3 is 2.78 bits per heavy atom. The van der Waals surface area contributed by atoms with Crippen molar-refractivity contribution < 1.29 is 9.53 Å². The molecule has 0 spiro atoms. The van der Waals surface area contributed by atoms with Crippen LogP contribution in [0.4, 0.5) is 10.6 Å². The van der Waals surface area contributed by atoms with Crippen molar-refractivity contribution in [1.82, 2.24) is 15.3 Å². The SMILES string of the molecule is CC(C)(C)OC(=O)NCCNc1ncc[nH]c1=O. The fraction of sp³-hybridized carbons (Fsp3) is 0.545. The van der Waals surface area contributed by atoms with Gasteiger partial charge in [0.15, 0.2) is 5.82 Å². The zero-order valence-corrected chi connectivity index (χ0v) is 10.7. The number of hydrogen-bond acceptors (Lipinski definition) is 5. The van der Waals surface area contributed by atoms with E-state index in [-0.39, 0.29) is 11.4 Å². The van der Waals surface area contributed by atoms with E-state index in [2.05, 4.69) is 20.6 Å². The van der Waals surface area contributed by atoms with Crippen molar-refractivity contribution in [2.24, 2.45) is 0 Å². The molecule has 0 aliphatic carbocycles. The van der Waals surface area contributed by atoms with Gasteiger partial charge in [-0.05, 0) is 20.8 Å². The summed E-state index contributed by atoms with van der Waals surface area (Å²) in [5.74, 6) is 0.225. The summed E-state index contributed by atoms with van der Waals surface area (Å²) in [7, 11) is 0. The molecule has 3 N–H and O–H groups in total. The van der Waals surface area contributed by atoms with Gasteiger partial charge in [-0.25, -0.2) is 9.78 Å². The van der Waals surface area contributed by atoms with Crippen LogP contribution in [0.3, 0.4) is 0 Å². The first kappa shape index (κ1) is 14.0. The number of aromatic nitrogens is 2. The topological polar surface area (TPSA) is 96.1 Å². The molecule has 0 fully saturated rings. The van der Waals surface area contributed by atoms with Crippen LogP contribution in [0.2, 0.25) is 0 Å². The second-order valence-corrected chi connectivity index (χ2v) is 4.62. The maximum absolute atomic E-state index is 11.3. The number of H-pyrrole nitrogens is 1. The smallest absolute Gasteiger partial charge is 0.407 e. The standard InChI is InChI=1S/C11H18N4O3/c1-11(2,3)18-10(17)15-7-5-13-8-9(16)14-6-4-12-8/h4,6H,5,7H2,1-3H3,(H,12,13)(H,14,16)(H,15,17). The molecule has 100 valence electrons. The van der Waals surface area contributed by atoms with Crippen molar-refractivity contribution in [3.63, 3.8) is 0 Å². The lowest BCUT2D eigenvalue weighted by Gasteiger charge is -2.19. The van der Waals surface area contributed by atoms with Crippen LogP contribution in [0.15, 0.2) is 17.2 Å². The Hall–Kier alpha value is -2.05. The summed E-state index contributed by atoms with van der Waals surface area (Å²) in [4.78, 5) is 28.9. The van der Waals surface area contributed by atoms with E-state index in [0.29, 0.717) is 13.1 Å². The summed E-state index contributed by atoms with van der Waals surface area (Å²) >= 11 is 0. The Labute approximate surface area is 105 Å². The highest BCUT2D eigenvalue weighted by atomic mass is 16.6. The van der Waals surface area contributed by atoms with Crippen LogP contribution in [-0.2, 0) is 4.74 Å². The van der Waals surface area contributed by atoms with Gasteiger partial charge in [-0.15, -0.1) is 0 Å². The van der Waals surface area contributed by atoms with E-state index >= 15 is 0 Å². The number of ether oxygens (including phenoxy) is 1. The summed E-state index contributed by atoms with van der Waals surface area (Å²) in [5, 5.41) is 5.37. The number of rotatable bonds is 4. The number of carbonyl (C=O) groups excluding carboxylic acids is 1. The average molecular weight is 254 g/mol.